The summed E-state index contributed by atoms with van der Waals surface area (Å²) in [6.07, 6.45) is 3.83. The monoisotopic (exact) mass is 372 g/mol. The maximum Gasteiger partial charge on any atom is 0.343 e. The summed E-state index contributed by atoms with van der Waals surface area (Å²) in [4.78, 5) is 37.6. The van der Waals surface area contributed by atoms with Gasteiger partial charge >= 0.3 is 5.97 Å². The van der Waals surface area contributed by atoms with Gasteiger partial charge in [-0.05, 0) is 31.1 Å². The summed E-state index contributed by atoms with van der Waals surface area (Å²) in [5, 5.41) is 0.141. The average molecular weight is 372 g/mol. The lowest BCUT2D eigenvalue weighted by Gasteiger charge is -2.25. The number of amides is 1. The molecule has 1 aromatic carbocycles. The van der Waals surface area contributed by atoms with Gasteiger partial charge < -0.3 is 14.2 Å². The predicted octanol–water partition coefficient (Wildman–Crippen LogP) is 2.58. The zero-order valence-corrected chi connectivity index (χ0v) is 15.5. The Hall–Kier alpha value is -2.96. The SMILES string of the molecule is CCn1cc(C(=O)OC)c(=O)c2cc(F)c(C3=CCN(C(C)=O)CC3)cc21. The van der Waals surface area contributed by atoms with Gasteiger partial charge in [0, 0.05) is 43.7 Å². The zero-order chi connectivity index (χ0) is 19.7. The minimum Gasteiger partial charge on any atom is -0.465 e. The van der Waals surface area contributed by atoms with Crippen LogP contribution >= 0.6 is 0 Å². The molecule has 1 amide bonds. The Kier molecular flexibility index (Phi) is 5.12. The van der Waals surface area contributed by atoms with Gasteiger partial charge in [0.25, 0.3) is 0 Å². The topological polar surface area (TPSA) is 68.6 Å². The zero-order valence-electron chi connectivity index (χ0n) is 15.5. The molecule has 0 aliphatic carbocycles. The molecule has 1 aromatic heterocycles. The molecule has 142 valence electrons. The molecule has 27 heavy (non-hydrogen) atoms. The third kappa shape index (κ3) is 3.37. The molecular weight excluding hydrogens is 351 g/mol. The Morgan fingerprint density at radius 2 is 2.04 bits per heavy atom. The lowest BCUT2D eigenvalue weighted by atomic mass is 9.97. The molecular formula is C20H21FN2O4. The minimum absolute atomic E-state index is 0.0144. The normalized spacial score (nSPS) is 14.2. The number of hydrogen-bond acceptors (Lipinski definition) is 4. The molecule has 0 saturated carbocycles. The Morgan fingerprint density at radius 3 is 2.59 bits per heavy atom. The van der Waals surface area contributed by atoms with E-state index in [1.54, 1.807) is 15.5 Å². The second-order valence-corrected chi connectivity index (χ2v) is 6.44. The Labute approximate surface area is 155 Å². The van der Waals surface area contributed by atoms with Crippen molar-refractivity contribution in [1.29, 1.82) is 0 Å². The molecule has 0 spiro atoms. The molecule has 0 atom stereocenters. The molecule has 2 heterocycles. The number of halogens is 1. The number of esters is 1. The van der Waals surface area contributed by atoms with E-state index in [1.807, 2.05) is 13.0 Å². The number of pyridine rings is 1. The van der Waals surface area contributed by atoms with Gasteiger partial charge in [0.2, 0.25) is 11.3 Å². The molecule has 0 radical (unpaired) electrons. The van der Waals surface area contributed by atoms with Crippen molar-refractivity contribution in [3.63, 3.8) is 0 Å². The number of nitrogens with zero attached hydrogens (tertiary/aromatic N) is 2. The first-order chi connectivity index (χ1) is 12.9. The van der Waals surface area contributed by atoms with E-state index >= 15 is 0 Å². The highest BCUT2D eigenvalue weighted by Crippen LogP contribution is 2.28. The van der Waals surface area contributed by atoms with E-state index in [9.17, 15) is 18.8 Å². The van der Waals surface area contributed by atoms with E-state index < -0.39 is 17.2 Å². The van der Waals surface area contributed by atoms with Crippen LogP contribution in [-0.2, 0) is 16.1 Å². The second kappa shape index (κ2) is 7.34. The number of carbonyl (C=O) groups excluding carboxylic acids is 2. The third-order valence-corrected chi connectivity index (χ3v) is 4.92. The molecule has 2 aromatic rings. The van der Waals surface area contributed by atoms with Crippen LogP contribution in [0.3, 0.4) is 0 Å². The average Bonchev–Trinajstić information content (AvgIpc) is 2.67. The first kappa shape index (κ1) is 18.8. The van der Waals surface area contributed by atoms with Crippen LogP contribution < -0.4 is 5.43 Å². The Bertz CT molecular complexity index is 1020. The van der Waals surface area contributed by atoms with Gasteiger partial charge in [0.05, 0.1) is 12.6 Å². The number of hydrogen-bond donors (Lipinski definition) is 0. The standard InChI is InChI=1S/C20H21FN2O4/c1-4-22-11-16(20(26)27-3)19(25)15-9-17(21)14(10-18(15)22)13-5-7-23(8-6-13)12(2)24/h5,9-11H,4,6-8H2,1-3H3. The Balaban J connectivity index is 2.16. The molecule has 3 rings (SSSR count). The largest absolute Gasteiger partial charge is 0.465 e. The molecule has 1 aliphatic heterocycles. The molecule has 0 saturated heterocycles. The maximum absolute atomic E-state index is 14.8. The summed E-state index contributed by atoms with van der Waals surface area (Å²) in [7, 11) is 1.20. The van der Waals surface area contributed by atoms with Crippen molar-refractivity contribution in [2.75, 3.05) is 20.2 Å². The number of benzene rings is 1. The van der Waals surface area contributed by atoms with Crippen molar-refractivity contribution in [2.45, 2.75) is 26.8 Å². The quantitative estimate of drug-likeness (QED) is 0.777. The van der Waals surface area contributed by atoms with Crippen LogP contribution in [0.15, 0.2) is 29.2 Å². The van der Waals surface area contributed by atoms with Crippen molar-refractivity contribution in [1.82, 2.24) is 9.47 Å². The van der Waals surface area contributed by atoms with E-state index in [4.69, 9.17) is 0 Å². The molecule has 0 unspecified atom stereocenters. The first-order valence-electron chi connectivity index (χ1n) is 8.77. The maximum atomic E-state index is 14.8. The van der Waals surface area contributed by atoms with E-state index in [2.05, 4.69) is 4.74 Å². The van der Waals surface area contributed by atoms with Crippen LogP contribution in [0.2, 0.25) is 0 Å². The number of aromatic nitrogens is 1. The van der Waals surface area contributed by atoms with Crippen molar-refractivity contribution in [3.8, 4) is 0 Å². The fourth-order valence-electron chi connectivity index (χ4n) is 3.37. The molecule has 0 fully saturated rings. The van der Waals surface area contributed by atoms with Gasteiger partial charge in [0.15, 0.2) is 0 Å². The Morgan fingerprint density at radius 1 is 1.30 bits per heavy atom. The van der Waals surface area contributed by atoms with E-state index in [-0.39, 0.29) is 16.9 Å². The molecule has 1 aliphatic rings. The van der Waals surface area contributed by atoms with Crippen molar-refractivity contribution < 1.29 is 18.7 Å². The number of fused-ring (bicyclic) bond motifs is 1. The highest BCUT2D eigenvalue weighted by Gasteiger charge is 2.21. The highest BCUT2D eigenvalue weighted by atomic mass is 19.1. The number of ether oxygens (including phenoxy) is 1. The van der Waals surface area contributed by atoms with Crippen LogP contribution in [0.25, 0.3) is 16.5 Å². The van der Waals surface area contributed by atoms with Crippen molar-refractivity contribution in [2.24, 2.45) is 0 Å². The lowest BCUT2D eigenvalue weighted by Crippen LogP contribution is -2.32. The fraction of sp³-hybridized carbons (Fsp3) is 0.350. The first-order valence-corrected chi connectivity index (χ1v) is 8.77. The van der Waals surface area contributed by atoms with Crippen LogP contribution in [-0.4, -0.2) is 41.5 Å². The summed E-state index contributed by atoms with van der Waals surface area (Å²) in [6.45, 7) is 4.85. The van der Waals surface area contributed by atoms with Crippen LogP contribution in [0.1, 0.15) is 36.2 Å². The van der Waals surface area contributed by atoms with Gasteiger partial charge in [-0.3, -0.25) is 9.59 Å². The molecule has 7 heteroatoms. The minimum atomic E-state index is -0.743. The molecule has 0 N–H and O–H groups in total. The van der Waals surface area contributed by atoms with Gasteiger partial charge in [-0.25, -0.2) is 9.18 Å². The van der Waals surface area contributed by atoms with Crippen molar-refractivity contribution >= 4 is 28.4 Å². The van der Waals surface area contributed by atoms with Gasteiger partial charge in [0.1, 0.15) is 11.4 Å². The van der Waals surface area contributed by atoms with Gasteiger partial charge in [-0.1, -0.05) is 6.08 Å². The summed E-state index contributed by atoms with van der Waals surface area (Å²) in [5.41, 5.74) is 1.11. The smallest absolute Gasteiger partial charge is 0.343 e. The lowest BCUT2D eigenvalue weighted by molar-refractivity contribution is -0.128. The number of aryl methyl sites for hydroxylation is 1. The highest BCUT2D eigenvalue weighted by molar-refractivity contribution is 5.94. The second-order valence-electron chi connectivity index (χ2n) is 6.44. The van der Waals surface area contributed by atoms with Gasteiger partial charge in [-0.2, -0.15) is 0 Å². The summed E-state index contributed by atoms with van der Waals surface area (Å²) in [5.74, 6) is -1.28. The number of rotatable bonds is 3. The predicted molar refractivity (Wildman–Crippen MR) is 100 cm³/mol. The van der Waals surface area contributed by atoms with E-state index in [0.717, 1.165) is 5.57 Å². The molecule has 6 nitrogen and oxygen atoms in total. The van der Waals surface area contributed by atoms with Crippen LogP contribution in [0.4, 0.5) is 4.39 Å². The van der Waals surface area contributed by atoms with Crippen molar-refractivity contribution in [3.05, 3.63) is 51.6 Å². The van der Waals surface area contributed by atoms with E-state index in [0.29, 0.717) is 37.1 Å². The number of carbonyl (C=O) groups is 2. The van der Waals surface area contributed by atoms with Gasteiger partial charge in [-0.15, -0.1) is 0 Å². The van der Waals surface area contributed by atoms with Crippen LogP contribution in [0, 0.1) is 5.82 Å². The third-order valence-electron chi connectivity index (χ3n) is 4.92. The summed E-state index contributed by atoms with van der Waals surface area (Å²) < 4.78 is 21.2. The summed E-state index contributed by atoms with van der Waals surface area (Å²) >= 11 is 0. The summed E-state index contributed by atoms with van der Waals surface area (Å²) in [6, 6.07) is 2.83. The van der Waals surface area contributed by atoms with Crippen LogP contribution in [0.5, 0.6) is 0 Å². The van der Waals surface area contributed by atoms with E-state index in [1.165, 1.54) is 26.3 Å². The molecule has 0 bridgehead atoms. The fourth-order valence-corrected chi connectivity index (χ4v) is 3.37. The number of methoxy groups -OCH3 is 1.